The van der Waals surface area contributed by atoms with Gasteiger partial charge in [0, 0.05) is 26.1 Å². The molecule has 0 saturated heterocycles. The molecule has 0 rings (SSSR count). The molecule has 40 heavy (non-hydrogen) atoms. The summed E-state index contributed by atoms with van der Waals surface area (Å²) >= 11 is 0. The highest BCUT2D eigenvalue weighted by Crippen LogP contribution is 2.12. The van der Waals surface area contributed by atoms with E-state index < -0.39 is 0 Å². The van der Waals surface area contributed by atoms with Crippen LogP contribution in [-0.2, 0) is 9.53 Å². The summed E-state index contributed by atoms with van der Waals surface area (Å²) in [5.74, 6) is -0.0325. The second-order valence-electron chi connectivity index (χ2n) is 11.9. The molecule has 6 nitrogen and oxygen atoms in total. The van der Waals surface area contributed by atoms with E-state index in [0.29, 0.717) is 13.0 Å². The summed E-state index contributed by atoms with van der Waals surface area (Å²) in [6.07, 6.45) is 28.9. The maximum absolute atomic E-state index is 12.2. The maximum atomic E-state index is 12.2. The third-order valence-electron chi connectivity index (χ3n) is 8.01. The topological polar surface area (TPSA) is 62.2 Å². The molecule has 0 N–H and O–H groups in total. The number of hydrogen-bond donors (Lipinski definition) is 0. The SMILES string of the molecule is CCCCCCCCCCN(CCCCCCCCCC(=O)OCCN(CCCCCC)CCCCCC)N=O. The molecule has 238 valence electrons. The second kappa shape index (κ2) is 32.3. The van der Waals surface area contributed by atoms with Gasteiger partial charge in [-0.15, -0.1) is 4.91 Å². The standard InChI is InChI=1S/C34H69N3O3/c1-4-7-10-13-14-17-20-25-30-37(35-39)31-26-21-18-15-16-19-22-27-34(38)40-33-32-36(28-23-11-8-5-2)29-24-12-9-6-3/h4-33H2,1-3H3. The first kappa shape index (κ1) is 38.8. The van der Waals surface area contributed by atoms with Crippen LogP contribution >= 0.6 is 0 Å². The monoisotopic (exact) mass is 568 g/mol. The first-order valence-electron chi connectivity index (χ1n) is 17.6. The highest BCUT2D eigenvalue weighted by Gasteiger charge is 2.08. The quantitative estimate of drug-likeness (QED) is 0.0341. The molecule has 0 atom stereocenters. The minimum Gasteiger partial charge on any atom is -0.464 e. The molecule has 0 radical (unpaired) electrons. The zero-order valence-corrected chi connectivity index (χ0v) is 27.3. The van der Waals surface area contributed by atoms with Crippen LogP contribution in [0.4, 0.5) is 0 Å². The Labute approximate surface area is 249 Å². The smallest absolute Gasteiger partial charge is 0.305 e. The van der Waals surface area contributed by atoms with Crippen LogP contribution in [0.25, 0.3) is 0 Å². The van der Waals surface area contributed by atoms with Crippen LogP contribution in [0.2, 0.25) is 0 Å². The molecule has 0 aliphatic rings. The molecule has 0 aliphatic carbocycles. The van der Waals surface area contributed by atoms with Crippen LogP contribution < -0.4 is 0 Å². The van der Waals surface area contributed by atoms with E-state index in [4.69, 9.17) is 4.74 Å². The van der Waals surface area contributed by atoms with Gasteiger partial charge in [0.15, 0.2) is 0 Å². The number of hydrogen-bond acceptors (Lipinski definition) is 5. The molecule has 0 heterocycles. The second-order valence-corrected chi connectivity index (χ2v) is 11.9. The number of carbonyl (C=O) groups is 1. The Bertz CT molecular complexity index is 521. The van der Waals surface area contributed by atoms with E-state index in [0.717, 1.165) is 64.8 Å². The largest absolute Gasteiger partial charge is 0.464 e. The van der Waals surface area contributed by atoms with Crippen molar-refractivity contribution >= 4 is 5.97 Å². The number of rotatable bonds is 33. The van der Waals surface area contributed by atoms with Crippen molar-refractivity contribution in [1.29, 1.82) is 0 Å². The average molecular weight is 568 g/mol. The summed E-state index contributed by atoms with van der Waals surface area (Å²) < 4.78 is 5.56. The lowest BCUT2D eigenvalue weighted by atomic mass is 10.1. The third kappa shape index (κ3) is 28.4. The molecule has 0 aromatic heterocycles. The van der Waals surface area contributed by atoms with Crippen molar-refractivity contribution in [2.24, 2.45) is 5.29 Å². The Morgan fingerprint density at radius 1 is 0.500 bits per heavy atom. The summed E-state index contributed by atoms with van der Waals surface area (Å²) in [6, 6.07) is 0. The van der Waals surface area contributed by atoms with Gasteiger partial charge in [-0.25, -0.2) is 0 Å². The van der Waals surface area contributed by atoms with Gasteiger partial charge in [0.1, 0.15) is 6.61 Å². The summed E-state index contributed by atoms with van der Waals surface area (Å²) in [4.78, 5) is 25.8. The van der Waals surface area contributed by atoms with Crippen LogP contribution in [0.3, 0.4) is 0 Å². The van der Waals surface area contributed by atoms with Gasteiger partial charge in [-0.3, -0.25) is 14.7 Å². The van der Waals surface area contributed by atoms with Crippen molar-refractivity contribution in [2.75, 3.05) is 39.3 Å². The molecule has 0 aromatic carbocycles. The molecule has 0 saturated carbocycles. The minimum absolute atomic E-state index is 0.0325. The highest BCUT2D eigenvalue weighted by molar-refractivity contribution is 5.69. The Morgan fingerprint density at radius 2 is 0.875 bits per heavy atom. The Morgan fingerprint density at radius 3 is 1.32 bits per heavy atom. The highest BCUT2D eigenvalue weighted by atomic mass is 16.5. The zero-order valence-electron chi connectivity index (χ0n) is 27.3. The summed E-state index contributed by atoms with van der Waals surface area (Å²) in [5.41, 5.74) is 0. The number of ether oxygens (including phenoxy) is 1. The normalized spacial score (nSPS) is 11.3. The first-order chi connectivity index (χ1) is 19.7. The predicted octanol–water partition coefficient (Wildman–Crippen LogP) is 10.2. The predicted molar refractivity (Wildman–Crippen MR) is 173 cm³/mol. The van der Waals surface area contributed by atoms with E-state index in [9.17, 15) is 9.70 Å². The molecule has 0 aromatic rings. The fourth-order valence-corrected chi connectivity index (χ4v) is 5.29. The first-order valence-corrected chi connectivity index (χ1v) is 17.6. The molecule has 0 bridgehead atoms. The van der Waals surface area contributed by atoms with E-state index in [-0.39, 0.29) is 5.97 Å². The van der Waals surface area contributed by atoms with Crippen LogP contribution in [0, 0.1) is 4.91 Å². The van der Waals surface area contributed by atoms with Gasteiger partial charge in [0.2, 0.25) is 0 Å². The zero-order chi connectivity index (χ0) is 29.4. The van der Waals surface area contributed by atoms with E-state index in [1.807, 2.05) is 0 Å². The number of nitrogens with zero attached hydrogens (tertiary/aromatic N) is 3. The fourth-order valence-electron chi connectivity index (χ4n) is 5.29. The maximum Gasteiger partial charge on any atom is 0.305 e. The van der Waals surface area contributed by atoms with Crippen molar-refractivity contribution in [2.45, 2.75) is 175 Å². The lowest BCUT2D eigenvalue weighted by molar-refractivity contribution is -0.144. The van der Waals surface area contributed by atoms with Gasteiger partial charge >= 0.3 is 5.97 Å². The van der Waals surface area contributed by atoms with Crippen LogP contribution in [0.1, 0.15) is 175 Å². The molecule has 0 amide bonds. The van der Waals surface area contributed by atoms with Gasteiger partial charge in [0.05, 0.1) is 5.29 Å². The van der Waals surface area contributed by atoms with E-state index in [1.54, 1.807) is 5.01 Å². The Kier molecular flexibility index (Phi) is 31.4. The average Bonchev–Trinajstić information content (AvgIpc) is 2.96. The van der Waals surface area contributed by atoms with Crippen molar-refractivity contribution < 1.29 is 9.53 Å². The van der Waals surface area contributed by atoms with E-state index in [2.05, 4.69) is 31.0 Å². The van der Waals surface area contributed by atoms with Gasteiger partial charge in [-0.1, -0.05) is 136 Å². The van der Waals surface area contributed by atoms with E-state index in [1.165, 1.54) is 116 Å². The van der Waals surface area contributed by atoms with Crippen LogP contribution in [-0.4, -0.2) is 55.2 Å². The molecule has 0 unspecified atom stereocenters. The summed E-state index contributed by atoms with van der Waals surface area (Å²) in [7, 11) is 0. The molecule has 0 aliphatic heterocycles. The van der Waals surface area contributed by atoms with Crippen molar-refractivity contribution in [3.8, 4) is 0 Å². The van der Waals surface area contributed by atoms with Gasteiger partial charge in [-0.2, -0.15) is 0 Å². The van der Waals surface area contributed by atoms with E-state index >= 15 is 0 Å². The van der Waals surface area contributed by atoms with Crippen molar-refractivity contribution in [1.82, 2.24) is 9.91 Å². The molecule has 6 heteroatoms. The van der Waals surface area contributed by atoms with Crippen molar-refractivity contribution in [3.05, 3.63) is 4.91 Å². The van der Waals surface area contributed by atoms with Gasteiger partial charge in [-0.05, 0) is 45.2 Å². The van der Waals surface area contributed by atoms with Gasteiger partial charge < -0.3 is 4.74 Å². The third-order valence-corrected chi connectivity index (χ3v) is 8.01. The van der Waals surface area contributed by atoms with Crippen LogP contribution in [0.15, 0.2) is 5.29 Å². The molecular weight excluding hydrogens is 498 g/mol. The van der Waals surface area contributed by atoms with Gasteiger partial charge in [0.25, 0.3) is 0 Å². The summed E-state index contributed by atoms with van der Waals surface area (Å²) in [6.45, 7) is 12.0. The van der Waals surface area contributed by atoms with Crippen LogP contribution in [0.5, 0.6) is 0 Å². The number of carbonyl (C=O) groups excluding carboxylic acids is 1. The molecule has 0 spiro atoms. The fraction of sp³-hybridized carbons (Fsp3) is 0.971. The Balaban J connectivity index is 3.68. The molecule has 0 fully saturated rings. The lowest BCUT2D eigenvalue weighted by Gasteiger charge is -2.22. The lowest BCUT2D eigenvalue weighted by Crippen LogP contribution is -2.30. The number of nitroso groups, excluding NO2 is 1. The van der Waals surface area contributed by atoms with Crippen molar-refractivity contribution in [3.63, 3.8) is 0 Å². The minimum atomic E-state index is -0.0325. The summed E-state index contributed by atoms with van der Waals surface area (Å²) in [5, 5.41) is 4.95. The number of esters is 1. The molecular formula is C34H69N3O3. The number of unbranched alkanes of at least 4 members (excludes halogenated alkanes) is 19. The Hall–Kier alpha value is -1.17.